The molecule has 0 atom stereocenters. The van der Waals surface area contributed by atoms with Gasteiger partial charge >= 0.3 is 0 Å². The minimum atomic E-state index is -0.776. The molecular formula is C15H14N4O4S. The van der Waals surface area contributed by atoms with Crippen molar-refractivity contribution in [3.8, 4) is 5.95 Å². The molecule has 2 aromatic heterocycles. The molecule has 0 saturated carbocycles. The fourth-order valence-electron chi connectivity index (χ4n) is 2.34. The standard InChI is InChI=1S/C15H14N4O4S/c1-3-19-13(21)9-6-4-5-7-10(9)16-15(19)24-8-11(20)12-14(22)23-17-18(12)2/h4-7H,3,8H2,1-2H3. The van der Waals surface area contributed by atoms with E-state index >= 15 is 0 Å². The number of nitrogens with zero attached hydrogens (tertiary/aromatic N) is 4. The second kappa shape index (κ2) is 6.44. The van der Waals surface area contributed by atoms with Crippen LogP contribution in [0.15, 0.2) is 38.7 Å². The fourth-order valence-corrected chi connectivity index (χ4v) is 3.27. The van der Waals surface area contributed by atoms with Crippen LogP contribution in [0.5, 0.6) is 5.95 Å². The summed E-state index contributed by atoms with van der Waals surface area (Å²) in [5.41, 5.74) is 0.286. The van der Waals surface area contributed by atoms with Gasteiger partial charge in [0.15, 0.2) is 18.2 Å². The number of carbonyl (C=O) groups is 1. The number of para-hydroxylation sites is 1. The number of hydrogen-bond acceptors (Lipinski definition) is 7. The van der Waals surface area contributed by atoms with E-state index in [1.807, 2.05) is 6.92 Å². The minimum absolute atomic E-state index is 0.0466. The zero-order valence-corrected chi connectivity index (χ0v) is 13.9. The highest BCUT2D eigenvalue weighted by molar-refractivity contribution is 7.99. The number of hydrogen-bond donors (Lipinski definition) is 0. The summed E-state index contributed by atoms with van der Waals surface area (Å²) < 4.78 is 7.06. The van der Waals surface area contributed by atoms with Crippen molar-refractivity contribution in [2.45, 2.75) is 18.6 Å². The molecule has 0 fully saturated rings. The minimum Gasteiger partial charge on any atom is -0.539 e. The molecule has 8 nitrogen and oxygen atoms in total. The number of Topliss-reactive ketones (excluding diaryl/α,β-unsaturated/α-hetero) is 1. The molecule has 24 heavy (non-hydrogen) atoms. The van der Waals surface area contributed by atoms with E-state index in [4.69, 9.17) is 0 Å². The molecule has 0 N–H and O–H groups in total. The maximum atomic E-state index is 12.5. The Balaban J connectivity index is 1.93. The van der Waals surface area contributed by atoms with Gasteiger partial charge in [0.25, 0.3) is 11.3 Å². The first-order valence-corrected chi connectivity index (χ1v) is 8.20. The summed E-state index contributed by atoms with van der Waals surface area (Å²) in [6.07, 6.45) is 0. The van der Waals surface area contributed by atoms with Crippen LogP contribution >= 0.6 is 11.8 Å². The van der Waals surface area contributed by atoms with Crippen molar-refractivity contribution < 1.29 is 19.1 Å². The summed E-state index contributed by atoms with van der Waals surface area (Å²) in [4.78, 5) is 29.2. The molecule has 0 radical (unpaired) electrons. The second-order valence-corrected chi connectivity index (χ2v) is 5.95. The first-order chi connectivity index (χ1) is 11.5. The predicted molar refractivity (Wildman–Crippen MR) is 83.9 cm³/mol. The van der Waals surface area contributed by atoms with Crippen LogP contribution < -0.4 is 15.3 Å². The van der Waals surface area contributed by atoms with Gasteiger partial charge in [0.1, 0.15) is 0 Å². The molecule has 0 spiro atoms. The van der Waals surface area contributed by atoms with Crippen LogP contribution in [0, 0.1) is 0 Å². The Morgan fingerprint density at radius 2 is 2.17 bits per heavy atom. The summed E-state index contributed by atoms with van der Waals surface area (Å²) in [6.45, 7) is 2.26. The SMILES string of the molecule is CCn1c(SCC(=O)c2c([O-])on[n+]2C)nc2ccccc2c1=O. The zero-order chi connectivity index (χ0) is 17.3. The van der Waals surface area contributed by atoms with Crippen molar-refractivity contribution in [3.05, 3.63) is 40.3 Å². The fraction of sp³-hybridized carbons (Fsp3) is 0.267. The van der Waals surface area contributed by atoms with E-state index in [1.54, 1.807) is 24.3 Å². The highest BCUT2D eigenvalue weighted by atomic mass is 32.2. The smallest absolute Gasteiger partial charge is 0.300 e. The number of benzene rings is 1. The highest BCUT2D eigenvalue weighted by Gasteiger charge is 2.23. The van der Waals surface area contributed by atoms with Gasteiger partial charge in [-0.25, -0.2) is 4.98 Å². The van der Waals surface area contributed by atoms with Crippen molar-refractivity contribution in [1.29, 1.82) is 0 Å². The lowest BCUT2D eigenvalue weighted by Crippen LogP contribution is -2.37. The molecule has 0 saturated heterocycles. The van der Waals surface area contributed by atoms with Gasteiger partial charge in [-0.1, -0.05) is 28.6 Å². The molecule has 9 heteroatoms. The third kappa shape index (κ3) is 2.78. The van der Waals surface area contributed by atoms with E-state index in [9.17, 15) is 14.7 Å². The second-order valence-electron chi connectivity index (χ2n) is 5.01. The molecule has 0 aliphatic carbocycles. The molecule has 0 aliphatic rings. The van der Waals surface area contributed by atoms with Gasteiger partial charge in [0.2, 0.25) is 5.78 Å². The largest absolute Gasteiger partial charge is 0.539 e. The molecule has 3 aromatic rings. The quantitative estimate of drug-likeness (QED) is 0.283. The van der Waals surface area contributed by atoms with Crippen LogP contribution in [-0.4, -0.2) is 26.4 Å². The van der Waals surface area contributed by atoms with Crippen molar-refractivity contribution in [3.63, 3.8) is 0 Å². The maximum absolute atomic E-state index is 12.5. The lowest BCUT2D eigenvalue weighted by molar-refractivity contribution is -0.741. The first kappa shape index (κ1) is 16.2. The van der Waals surface area contributed by atoms with Gasteiger partial charge in [-0.05, 0) is 19.1 Å². The Morgan fingerprint density at radius 3 is 2.83 bits per heavy atom. The summed E-state index contributed by atoms with van der Waals surface area (Å²) in [6, 6.07) is 7.05. The van der Waals surface area contributed by atoms with Crippen LogP contribution in [0.25, 0.3) is 10.9 Å². The Kier molecular flexibility index (Phi) is 4.34. The Labute approximate surface area is 140 Å². The normalized spacial score (nSPS) is 11.1. The lowest BCUT2D eigenvalue weighted by atomic mass is 10.2. The number of rotatable bonds is 5. The molecule has 0 unspecified atom stereocenters. The monoisotopic (exact) mass is 346 g/mol. The third-order valence-electron chi connectivity index (χ3n) is 3.50. The van der Waals surface area contributed by atoms with E-state index < -0.39 is 11.7 Å². The number of thioether (sulfide) groups is 1. The van der Waals surface area contributed by atoms with Crippen LogP contribution in [0.3, 0.4) is 0 Å². The summed E-state index contributed by atoms with van der Waals surface area (Å²) in [7, 11) is 1.46. The lowest BCUT2D eigenvalue weighted by Gasteiger charge is -2.10. The number of aryl methyl sites for hydroxylation is 1. The molecule has 1 aromatic carbocycles. The van der Waals surface area contributed by atoms with E-state index in [1.165, 1.54) is 11.6 Å². The average molecular weight is 346 g/mol. The predicted octanol–water partition coefficient (Wildman–Crippen LogP) is 0.277. The third-order valence-corrected chi connectivity index (χ3v) is 4.48. The van der Waals surface area contributed by atoms with Crippen molar-refractivity contribution >= 4 is 28.4 Å². The molecule has 0 amide bonds. The molecule has 2 heterocycles. The molecular weight excluding hydrogens is 332 g/mol. The van der Waals surface area contributed by atoms with Crippen molar-refractivity contribution in [1.82, 2.24) is 14.8 Å². The number of aromatic nitrogens is 4. The van der Waals surface area contributed by atoms with Gasteiger partial charge in [0.05, 0.1) is 21.9 Å². The van der Waals surface area contributed by atoms with E-state index in [0.29, 0.717) is 22.6 Å². The summed E-state index contributed by atoms with van der Waals surface area (Å²) in [5.74, 6) is -1.25. The molecule has 3 rings (SSSR count). The Morgan fingerprint density at radius 1 is 1.42 bits per heavy atom. The zero-order valence-electron chi connectivity index (χ0n) is 13.1. The maximum Gasteiger partial charge on any atom is 0.300 e. The summed E-state index contributed by atoms with van der Waals surface area (Å²) >= 11 is 1.11. The van der Waals surface area contributed by atoms with Crippen LogP contribution in [0.2, 0.25) is 0 Å². The van der Waals surface area contributed by atoms with Gasteiger partial charge in [-0.3, -0.25) is 14.2 Å². The number of carbonyl (C=O) groups excluding carboxylic acids is 1. The molecule has 0 bridgehead atoms. The topological polar surface area (TPSA) is 105 Å². The van der Waals surface area contributed by atoms with Crippen molar-refractivity contribution in [2.24, 2.45) is 7.05 Å². The number of fused-ring (bicyclic) bond motifs is 1. The number of ketones is 1. The van der Waals surface area contributed by atoms with Gasteiger partial charge < -0.3 is 9.63 Å². The highest BCUT2D eigenvalue weighted by Crippen LogP contribution is 2.19. The Bertz CT molecular complexity index is 960. The van der Waals surface area contributed by atoms with Gasteiger partial charge in [0, 0.05) is 6.54 Å². The van der Waals surface area contributed by atoms with Crippen molar-refractivity contribution in [2.75, 3.05) is 5.75 Å². The first-order valence-electron chi connectivity index (χ1n) is 7.21. The Hall–Kier alpha value is -2.68. The van der Waals surface area contributed by atoms with E-state index in [2.05, 4.69) is 14.8 Å². The van der Waals surface area contributed by atoms with Crippen LogP contribution in [0.1, 0.15) is 17.4 Å². The van der Waals surface area contributed by atoms with E-state index in [-0.39, 0.29) is 17.0 Å². The molecule has 124 valence electrons. The van der Waals surface area contributed by atoms with E-state index in [0.717, 1.165) is 16.4 Å². The van der Waals surface area contributed by atoms with Gasteiger partial charge in [-0.2, -0.15) is 0 Å². The van der Waals surface area contributed by atoms with Gasteiger partial charge in [-0.15, -0.1) is 0 Å². The average Bonchev–Trinajstić information content (AvgIpc) is 2.91. The molecule has 0 aliphatic heterocycles. The van der Waals surface area contributed by atoms with Crippen LogP contribution in [0.4, 0.5) is 0 Å². The summed E-state index contributed by atoms with van der Waals surface area (Å²) in [5, 5.41) is 15.9. The van der Waals surface area contributed by atoms with Crippen LogP contribution in [-0.2, 0) is 13.6 Å².